The predicted octanol–water partition coefficient (Wildman–Crippen LogP) is 0.982. The van der Waals surface area contributed by atoms with Crippen molar-refractivity contribution in [2.45, 2.75) is 32.4 Å². The van der Waals surface area contributed by atoms with Crippen LogP contribution in [0.15, 0.2) is 18.2 Å². The number of ether oxygens (including phenoxy) is 2. The standard InChI is InChI=1S/C17H23NO7S/c1-4-18(12-7-8-26(22,23)10-12)16(20)11(2)25-17(21)14-6-5-13(24-3)9-15(14)19/h5-6,9,11-12,19H,4,7-8,10H2,1-3H3/t11-,12-/m1/s1. The molecule has 1 amide bonds. The number of hydrogen-bond donors (Lipinski definition) is 1. The van der Waals surface area contributed by atoms with Gasteiger partial charge >= 0.3 is 5.97 Å². The number of phenols is 1. The van der Waals surface area contributed by atoms with Crippen LogP contribution < -0.4 is 4.74 Å². The first-order chi connectivity index (χ1) is 12.2. The molecule has 0 aromatic heterocycles. The molecule has 1 aromatic rings. The molecule has 1 aliphatic heterocycles. The van der Waals surface area contributed by atoms with Gasteiger partial charge in [0.05, 0.1) is 18.6 Å². The van der Waals surface area contributed by atoms with Gasteiger partial charge in [0, 0.05) is 18.7 Å². The molecule has 0 spiro atoms. The number of methoxy groups -OCH3 is 1. The van der Waals surface area contributed by atoms with Crippen molar-refractivity contribution in [2.75, 3.05) is 25.2 Å². The van der Waals surface area contributed by atoms with E-state index in [9.17, 15) is 23.1 Å². The highest BCUT2D eigenvalue weighted by atomic mass is 32.2. The van der Waals surface area contributed by atoms with Gasteiger partial charge in [-0.15, -0.1) is 0 Å². The van der Waals surface area contributed by atoms with E-state index in [0.717, 1.165) is 0 Å². The van der Waals surface area contributed by atoms with Crippen molar-refractivity contribution in [3.63, 3.8) is 0 Å². The van der Waals surface area contributed by atoms with E-state index in [2.05, 4.69) is 0 Å². The zero-order valence-electron chi connectivity index (χ0n) is 15.0. The average Bonchev–Trinajstić information content (AvgIpc) is 2.94. The lowest BCUT2D eigenvalue weighted by Crippen LogP contribution is -2.46. The molecular formula is C17H23NO7S. The number of rotatable bonds is 6. The fourth-order valence-electron chi connectivity index (χ4n) is 2.93. The van der Waals surface area contributed by atoms with Gasteiger partial charge in [-0.1, -0.05) is 0 Å². The Kier molecular flexibility index (Phi) is 6.12. The number of esters is 1. The number of aromatic hydroxyl groups is 1. The second-order valence-corrected chi connectivity index (χ2v) is 8.34. The summed E-state index contributed by atoms with van der Waals surface area (Å²) >= 11 is 0. The number of carbonyl (C=O) groups excluding carboxylic acids is 2. The van der Waals surface area contributed by atoms with Gasteiger partial charge in [-0.2, -0.15) is 0 Å². The second kappa shape index (κ2) is 7.94. The highest BCUT2D eigenvalue weighted by Gasteiger charge is 2.36. The van der Waals surface area contributed by atoms with E-state index in [1.54, 1.807) is 6.92 Å². The van der Waals surface area contributed by atoms with Gasteiger partial charge < -0.3 is 19.5 Å². The molecule has 26 heavy (non-hydrogen) atoms. The van der Waals surface area contributed by atoms with E-state index in [1.807, 2.05) is 0 Å². The molecule has 0 bridgehead atoms. The van der Waals surface area contributed by atoms with Crippen LogP contribution in [0.3, 0.4) is 0 Å². The van der Waals surface area contributed by atoms with Crippen LogP contribution in [0, 0.1) is 0 Å². The third-order valence-corrected chi connectivity index (χ3v) is 6.08. The Morgan fingerprint density at radius 3 is 2.58 bits per heavy atom. The average molecular weight is 385 g/mol. The van der Waals surface area contributed by atoms with Crippen molar-refractivity contribution < 1.29 is 32.6 Å². The zero-order valence-corrected chi connectivity index (χ0v) is 15.8. The van der Waals surface area contributed by atoms with Gasteiger partial charge in [-0.05, 0) is 32.4 Å². The Bertz CT molecular complexity index is 790. The van der Waals surface area contributed by atoms with Gasteiger partial charge in [0.2, 0.25) is 0 Å². The van der Waals surface area contributed by atoms with Gasteiger partial charge in [0.1, 0.15) is 17.1 Å². The minimum absolute atomic E-state index is 0.0509. The molecule has 1 fully saturated rings. The Balaban J connectivity index is 2.06. The number of likely N-dealkylation sites (N-methyl/N-ethyl adjacent to an activating group) is 1. The van der Waals surface area contributed by atoms with Crippen LogP contribution in [0.1, 0.15) is 30.6 Å². The lowest BCUT2D eigenvalue weighted by atomic mass is 10.2. The minimum atomic E-state index is -3.13. The fourth-order valence-corrected chi connectivity index (χ4v) is 4.66. The molecule has 1 saturated heterocycles. The van der Waals surface area contributed by atoms with Crippen LogP contribution >= 0.6 is 0 Å². The lowest BCUT2D eigenvalue weighted by molar-refractivity contribution is -0.141. The second-order valence-electron chi connectivity index (χ2n) is 6.11. The number of benzene rings is 1. The first-order valence-corrected chi connectivity index (χ1v) is 10.1. The van der Waals surface area contributed by atoms with E-state index in [4.69, 9.17) is 9.47 Å². The summed E-state index contributed by atoms with van der Waals surface area (Å²) < 4.78 is 33.4. The van der Waals surface area contributed by atoms with Crippen molar-refractivity contribution in [3.05, 3.63) is 23.8 Å². The number of hydrogen-bond acceptors (Lipinski definition) is 7. The first kappa shape index (κ1) is 20.0. The molecule has 1 heterocycles. The summed E-state index contributed by atoms with van der Waals surface area (Å²) in [4.78, 5) is 26.2. The molecule has 9 heteroatoms. The summed E-state index contributed by atoms with van der Waals surface area (Å²) in [5.41, 5.74) is -0.0862. The summed E-state index contributed by atoms with van der Waals surface area (Å²) in [5.74, 6) is -1.27. The van der Waals surface area contributed by atoms with Crippen molar-refractivity contribution in [1.82, 2.24) is 4.90 Å². The predicted molar refractivity (Wildman–Crippen MR) is 94.0 cm³/mol. The Morgan fingerprint density at radius 1 is 1.38 bits per heavy atom. The number of phenolic OH excluding ortho intramolecular Hbond substituents is 1. The third-order valence-electron chi connectivity index (χ3n) is 4.33. The maximum Gasteiger partial charge on any atom is 0.342 e. The van der Waals surface area contributed by atoms with E-state index in [0.29, 0.717) is 18.7 Å². The Morgan fingerprint density at radius 2 is 2.08 bits per heavy atom. The summed E-state index contributed by atoms with van der Waals surface area (Å²) in [6.07, 6.45) is -0.728. The maximum absolute atomic E-state index is 12.6. The normalized spacial score (nSPS) is 19.6. The number of nitrogens with zero attached hydrogens (tertiary/aromatic N) is 1. The van der Waals surface area contributed by atoms with Crippen molar-refractivity contribution >= 4 is 21.7 Å². The van der Waals surface area contributed by atoms with Crippen LogP contribution in [0.5, 0.6) is 11.5 Å². The van der Waals surface area contributed by atoms with E-state index in [1.165, 1.54) is 37.1 Å². The first-order valence-electron chi connectivity index (χ1n) is 8.27. The molecule has 2 atom stereocenters. The molecule has 0 aliphatic carbocycles. The number of sulfone groups is 1. The Labute approximate surface area is 152 Å². The molecule has 1 N–H and O–H groups in total. The highest BCUT2D eigenvalue weighted by Crippen LogP contribution is 2.25. The van der Waals surface area contributed by atoms with Crippen LogP contribution in [0.25, 0.3) is 0 Å². The van der Waals surface area contributed by atoms with Crippen LogP contribution in [0.2, 0.25) is 0 Å². The topological polar surface area (TPSA) is 110 Å². The highest BCUT2D eigenvalue weighted by molar-refractivity contribution is 7.91. The SMILES string of the molecule is CCN(C(=O)[C@@H](C)OC(=O)c1ccc(OC)cc1O)[C@@H]1CCS(=O)(=O)C1. The summed E-state index contributed by atoms with van der Waals surface area (Å²) in [6.45, 7) is 3.48. The quantitative estimate of drug-likeness (QED) is 0.727. The third kappa shape index (κ3) is 4.46. The monoisotopic (exact) mass is 385 g/mol. The Hall–Kier alpha value is -2.29. The summed E-state index contributed by atoms with van der Waals surface area (Å²) in [6, 6.07) is 3.69. The molecule has 144 valence electrons. The zero-order chi connectivity index (χ0) is 19.5. The van der Waals surface area contributed by atoms with Crippen LogP contribution in [-0.4, -0.2) is 67.6 Å². The van der Waals surface area contributed by atoms with E-state index >= 15 is 0 Å². The molecular weight excluding hydrogens is 362 g/mol. The van der Waals surface area contributed by atoms with Crippen LogP contribution in [-0.2, 0) is 19.4 Å². The molecule has 0 saturated carbocycles. The van der Waals surface area contributed by atoms with E-state index in [-0.39, 0.29) is 22.8 Å². The summed E-state index contributed by atoms with van der Waals surface area (Å²) in [7, 11) is -1.71. The van der Waals surface area contributed by atoms with Crippen LogP contribution in [0.4, 0.5) is 0 Å². The number of amides is 1. The van der Waals surface area contributed by atoms with Crippen molar-refractivity contribution in [2.24, 2.45) is 0 Å². The van der Waals surface area contributed by atoms with Crippen molar-refractivity contribution in [1.29, 1.82) is 0 Å². The lowest BCUT2D eigenvalue weighted by Gasteiger charge is -2.29. The molecule has 0 unspecified atom stereocenters. The molecule has 1 aromatic carbocycles. The van der Waals surface area contributed by atoms with Gasteiger partial charge in [-0.3, -0.25) is 4.79 Å². The van der Waals surface area contributed by atoms with E-state index < -0.39 is 33.9 Å². The van der Waals surface area contributed by atoms with Gasteiger partial charge in [-0.25, -0.2) is 13.2 Å². The molecule has 0 radical (unpaired) electrons. The smallest absolute Gasteiger partial charge is 0.342 e. The molecule has 8 nitrogen and oxygen atoms in total. The maximum atomic E-state index is 12.6. The van der Waals surface area contributed by atoms with Crippen molar-refractivity contribution in [3.8, 4) is 11.5 Å². The number of carbonyl (C=O) groups is 2. The van der Waals surface area contributed by atoms with Gasteiger partial charge in [0.25, 0.3) is 5.91 Å². The van der Waals surface area contributed by atoms with Gasteiger partial charge in [0.15, 0.2) is 15.9 Å². The molecule has 2 rings (SSSR count). The molecule has 1 aliphatic rings. The largest absolute Gasteiger partial charge is 0.507 e. The fraction of sp³-hybridized carbons (Fsp3) is 0.529. The summed E-state index contributed by atoms with van der Waals surface area (Å²) in [5, 5.41) is 9.89. The minimum Gasteiger partial charge on any atom is -0.507 e.